The van der Waals surface area contributed by atoms with E-state index < -0.39 is 0 Å². The first kappa shape index (κ1) is 11.5. The van der Waals surface area contributed by atoms with Crippen molar-refractivity contribution in [3.63, 3.8) is 0 Å². The predicted molar refractivity (Wildman–Crippen MR) is 71.0 cm³/mol. The van der Waals surface area contributed by atoms with Crippen molar-refractivity contribution in [1.29, 1.82) is 0 Å². The Labute approximate surface area is 108 Å². The van der Waals surface area contributed by atoms with Gasteiger partial charge in [-0.2, -0.15) is 16.3 Å². The highest BCUT2D eigenvalue weighted by atomic mass is 32.1. The summed E-state index contributed by atoms with van der Waals surface area (Å²) in [6, 6.07) is 1.87. The maximum Gasteiger partial charge on any atom is 0.258 e. The second kappa shape index (κ2) is 4.57. The lowest BCUT2D eigenvalue weighted by Gasteiger charge is -2.10. The molecule has 2 aromatic heterocycles. The summed E-state index contributed by atoms with van der Waals surface area (Å²) in [6.07, 6.45) is 4.18. The molecular weight excluding hydrogens is 248 g/mol. The number of aromatic nitrogens is 2. The monoisotopic (exact) mass is 262 g/mol. The summed E-state index contributed by atoms with van der Waals surface area (Å²) < 4.78 is 0. The third kappa shape index (κ3) is 1.95. The van der Waals surface area contributed by atoms with Crippen LogP contribution in [0.1, 0.15) is 37.2 Å². The van der Waals surface area contributed by atoms with Crippen molar-refractivity contribution in [3.8, 4) is 17.3 Å². The highest BCUT2D eigenvalue weighted by molar-refractivity contribution is 7.08. The van der Waals surface area contributed by atoms with E-state index in [1.807, 2.05) is 16.8 Å². The fourth-order valence-electron chi connectivity index (χ4n) is 2.59. The predicted octanol–water partition coefficient (Wildman–Crippen LogP) is 2.86. The van der Waals surface area contributed by atoms with Gasteiger partial charge in [0.15, 0.2) is 0 Å². The molecule has 0 aliphatic heterocycles. The van der Waals surface area contributed by atoms with Crippen LogP contribution in [0.25, 0.3) is 11.4 Å². The van der Waals surface area contributed by atoms with Gasteiger partial charge in [0.05, 0.1) is 5.56 Å². The van der Waals surface area contributed by atoms with E-state index in [1.54, 1.807) is 0 Å². The standard InChI is InChI=1S/C13H14N2O2S/c16-12-10(8-3-1-2-4-8)13(17)15-11(14-12)9-5-6-18-7-9/h5-8H,1-4H2,(H2,14,15,16,17). The minimum Gasteiger partial charge on any atom is -0.493 e. The molecule has 3 rings (SSSR count). The Morgan fingerprint density at radius 1 is 1.39 bits per heavy atom. The molecule has 0 amide bonds. The number of aromatic hydroxyl groups is 1. The van der Waals surface area contributed by atoms with Gasteiger partial charge in [0.25, 0.3) is 5.56 Å². The van der Waals surface area contributed by atoms with Gasteiger partial charge in [-0.1, -0.05) is 12.8 Å². The van der Waals surface area contributed by atoms with Crippen LogP contribution in [0, 0.1) is 0 Å². The molecule has 0 spiro atoms. The van der Waals surface area contributed by atoms with E-state index in [9.17, 15) is 9.90 Å². The second-order valence-corrected chi connectivity index (χ2v) is 5.43. The molecule has 2 heterocycles. The third-order valence-corrected chi connectivity index (χ3v) is 4.18. The molecule has 0 bridgehead atoms. The fraction of sp³-hybridized carbons (Fsp3) is 0.385. The lowest BCUT2D eigenvalue weighted by molar-refractivity contribution is 0.436. The van der Waals surface area contributed by atoms with Crippen LogP contribution in [0.4, 0.5) is 0 Å². The minimum absolute atomic E-state index is 0.105. The van der Waals surface area contributed by atoms with Gasteiger partial charge in [-0.15, -0.1) is 0 Å². The van der Waals surface area contributed by atoms with Crippen LogP contribution in [-0.4, -0.2) is 15.1 Å². The molecule has 0 saturated heterocycles. The summed E-state index contributed by atoms with van der Waals surface area (Å²) in [5.74, 6) is 0.505. The smallest absolute Gasteiger partial charge is 0.258 e. The second-order valence-electron chi connectivity index (χ2n) is 4.65. The molecule has 1 fully saturated rings. The lowest BCUT2D eigenvalue weighted by Crippen LogP contribution is -2.17. The summed E-state index contributed by atoms with van der Waals surface area (Å²) in [7, 11) is 0. The third-order valence-electron chi connectivity index (χ3n) is 3.49. The number of hydrogen-bond acceptors (Lipinski definition) is 4. The Morgan fingerprint density at radius 2 is 2.17 bits per heavy atom. The first-order valence-corrected chi connectivity index (χ1v) is 7.06. The van der Waals surface area contributed by atoms with E-state index in [0.717, 1.165) is 31.2 Å². The van der Waals surface area contributed by atoms with Crippen molar-refractivity contribution in [1.82, 2.24) is 9.97 Å². The highest BCUT2D eigenvalue weighted by Crippen LogP contribution is 2.35. The zero-order chi connectivity index (χ0) is 12.5. The number of aromatic amines is 1. The minimum atomic E-state index is -0.199. The Balaban J connectivity index is 2.06. The van der Waals surface area contributed by atoms with Crippen LogP contribution in [0.3, 0.4) is 0 Å². The molecular formula is C13H14N2O2S. The van der Waals surface area contributed by atoms with E-state index in [1.165, 1.54) is 11.3 Å². The zero-order valence-corrected chi connectivity index (χ0v) is 10.7. The molecule has 5 heteroatoms. The van der Waals surface area contributed by atoms with Gasteiger partial charge >= 0.3 is 0 Å². The molecule has 4 nitrogen and oxygen atoms in total. The van der Waals surface area contributed by atoms with Crippen molar-refractivity contribution < 1.29 is 5.11 Å². The highest BCUT2D eigenvalue weighted by Gasteiger charge is 2.24. The van der Waals surface area contributed by atoms with Crippen LogP contribution in [-0.2, 0) is 0 Å². The lowest BCUT2D eigenvalue weighted by atomic mass is 10.00. The maximum atomic E-state index is 12.1. The summed E-state index contributed by atoms with van der Waals surface area (Å²) in [4.78, 5) is 19.0. The van der Waals surface area contributed by atoms with Crippen LogP contribution < -0.4 is 5.56 Å². The zero-order valence-electron chi connectivity index (χ0n) is 9.85. The average Bonchev–Trinajstić information content (AvgIpc) is 3.01. The first-order chi connectivity index (χ1) is 8.75. The largest absolute Gasteiger partial charge is 0.493 e. The molecule has 1 saturated carbocycles. The van der Waals surface area contributed by atoms with Gasteiger partial charge in [-0.25, -0.2) is 0 Å². The van der Waals surface area contributed by atoms with Gasteiger partial charge < -0.3 is 10.1 Å². The summed E-state index contributed by atoms with van der Waals surface area (Å²) in [6.45, 7) is 0. The maximum absolute atomic E-state index is 12.1. The molecule has 0 atom stereocenters. The molecule has 0 aromatic carbocycles. The molecule has 2 N–H and O–H groups in total. The Morgan fingerprint density at radius 3 is 2.78 bits per heavy atom. The van der Waals surface area contributed by atoms with Crippen molar-refractivity contribution in [2.75, 3.05) is 0 Å². The van der Waals surface area contributed by atoms with Gasteiger partial charge in [0.1, 0.15) is 5.82 Å². The van der Waals surface area contributed by atoms with Crippen molar-refractivity contribution in [3.05, 3.63) is 32.7 Å². The molecule has 1 aliphatic carbocycles. The number of H-pyrrole nitrogens is 1. The number of nitrogens with one attached hydrogen (secondary N) is 1. The molecule has 94 valence electrons. The quantitative estimate of drug-likeness (QED) is 0.874. The van der Waals surface area contributed by atoms with E-state index in [4.69, 9.17) is 0 Å². The summed E-state index contributed by atoms with van der Waals surface area (Å²) in [5, 5.41) is 13.8. The van der Waals surface area contributed by atoms with Crippen LogP contribution in [0.15, 0.2) is 21.6 Å². The van der Waals surface area contributed by atoms with Crippen molar-refractivity contribution >= 4 is 11.3 Å². The Kier molecular flexibility index (Phi) is 2.91. The fourth-order valence-corrected chi connectivity index (χ4v) is 3.23. The summed E-state index contributed by atoms with van der Waals surface area (Å²) in [5.41, 5.74) is 1.10. The van der Waals surface area contributed by atoms with E-state index in [0.29, 0.717) is 11.4 Å². The number of nitrogens with zero attached hydrogens (tertiary/aromatic N) is 1. The van der Waals surface area contributed by atoms with Crippen molar-refractivity contribution in [2.24, 2.45) is 0 Å². The van der Waals surface area contributed by atoms with E-state index in [-0.39, 0.29) is 17.4 Å². The molecule has 2 aromatic rings. The van der Waals surface area contributed by atoms with Gasteiger partial charge in [0, 0.05) is 10.9 Å². The van der Waals surface area contributed by atoms with Gasteiger partial charge in [-0.05, 0) is 30.2 Å². The molecule has 18 heavy (non-hydrogen) atoms. The normalized spacial score (nSPS) is 16.2. The van der Waals surface area contributed by atoms with Gasteiger partial charge in [0.2, 0.25) is 5.88 Å². The SMILES string of the molecule is O=c1[nH]c(-c2ccsc2)nc(O)c1C1CCCC1. The molecule has 0 radical (unpaired) electrons. The molecule has 0 unspecified atom stereocenters. The van der Waals surface area contributed by atoms with E-state index >= 15 is 0 Å². The van der Waals surface area contributed by atoms with Crippen molar-refractivity contribution in [2.45, 2.75) is 31.6 Å². The average molecular weight is 262 g/mol. The first-order valence-electron chi connectivity index (χ1n) is 6.11. The number of hydrogen-bond donors (Lipinski definition) is 2. The number of rotatable bonds is 2. The van der Waals surface area contributed by atoms with Crippen LogP contribution in [0.5, 0.6) is 5.88 Å². The number of thiophene rings is 1. The van der Waals surface area contributed by atoms with Gasteiger partial charge in [-0.3, -0.25) is 4.79 Å². The molecule has 1 aliphatic rings. The van der Waals surface area contributed by atoms with Crippen LogP contribution >= 0.6 is 11.3 Å². The Hall–Kier alpha value is -1.62. The Bertz CT molecular complexity index is 598. The topological polar surface area (TPSA) is 66.0 Å². The summed E-state index contributed by atoms with van der Waals surface area (Å²) >= 11 is 1.53. The van der Waals surface area contributed by atoms with E-state index in [2.05, 4.69) is 9.97 Å². The van der Waals surface area contributed by atoms with Crippen LogP contribution in [0.2, 0.25) is 0 Å².